The summed E-state index contributed by atoms with van der Waals surface area (Å²) in [5.74, 6) is 5.15. The van der Waals surface area contributed by atoms with Crippen LogP contribution in [0.3, 0.4) is 0 Å². The van der Waals surface area contributed by atoms with E-state index < -0.39 is 12.0 Å². The molecule has 1 atom stereocenters. The van der Waals surface area contributed by atoms with Gasteiger partial charge in [0.2, 0.25) is 5.91 Å². The molecule has 1 fully saturated rings. The van der Waals surface area contributed by atoms with Gasteiger partial charge in [0.05, 0.1) is 23.1 Å². The Balaban J connectivity index is 0.000000244. The summed E-state index contributed by atoms with van der Waals surface area (Å²) in [7, 11) is 0. The smallest absolute Gasteiger partial charge is 0.331 e. The topological polar surface area (TPSA) is 122 Å². The SMILES string of the molecule is CCOC(=O)C1CC(=O)NN1c1ncccc1Cl.NNc1ncccc1Cl. The zero-order chi connectivity index (χ0) is 19.8. The van der Waals surface area contributed by atoms with Crippen molar-refractivity contribution in [1.29, 1.82) is 0 Å². The van der Waals surface area contributed by atoms with Gasteiger partial charge < -0.3 is 10.2 Å². The van der Waals surface area contributed by atoms with Crippen molar-refractivity contribution in [2.45, 2.75) is 19.4 Å². The van der Waals surface area contributed by atoms with Gasteiger partial charge in [-0.25, -0.2) is 20.6 Å². The average Bonchev–Trinajstić information content (AvgIpc) is 3.05. The molecule has 1 aliphatic heterocycles. The molecular formula is C16H18Cl2N6O3. The maximum absolute atomic E-state index is 11.8. The van der Waals surface area contributed by atoms with Gasteiger partial charge in [0, 0.05) is 12.4 Å². The molecule has 9 nitrogen and oxygen atoms in total. The molecule has 0 aliphatic carbocycles. The van der Waals surface area contributed by atoms with Crippen LogP contribution in [0.2, 0.25) is 10.0 Å². The number of hydrogen-bond acceptors (Lipinski definition) is 8. The summed E-state index contributed by atoms with van der Waals surface area (Å²) in [6.45, 7) is 1.97. The van der Waals surface area contributed by atoms with Crippen molar-refractivity contribution in [3.8, 4) is 0 Å². The minimum Gasteiger partial charge on any atom is -0.464 e. The number of amides is 1. The van der Waals surface area contributed by atoms with E-state index in [1.54, 1.807) is 37.4 Å². The fraction of sp³-hybridized carbons (Fsp3) is 0.250. The van der Waals surface area contributed by atoms with Crippen LogP contribution >= 0.6 is 23.2 Å². The van der Waals surface area contributed by atoms with Gasteiger partial charge in [-0.3, -0.25) is 15.2 Å². The molecule has 144 valence electrons. The van der Waals surface area contributed by atoms with Crippen molar-refractivity contribution in [2.24, 2.45) is 5.84 Å². The molecule has 0 spiro atoms. The Morgan fingerprint density at radius 2 is 2.00 bits per heavy atom. The number of carbonyl (C=O) groups is 2. The van der Waals surface area contributed by atoms with Gasteiger partial charge in [0.15, 0.2) is 17.7 Å². The molecule has 0 radical (unpaired) electrons. The second-order valence-electron chi connectivity index (χ2n) is 5.16. The molecule has 4 N–H and O–H groups in total. The van der Waals surface area contributed by atoms with E-state index in [-0.39, 0.29) is 18.9 Å². The first kappa shape index (κ1) is 20.7. The van der Waals surface area contributed by atoms with Crippen LogP contribution in [-0.2, 0) is 14.3 Å². The molecule has 0 aromatic carbocycles. The fourth-order valence-corrected chi connectivity index (χ4v) is 2.59. The highest BCUT2D eigenvalue weighted by Gasteiger charge is 2.38. The number of aromatic nitrogens is 2. The Bertz CT molecular complexity index is 807. The third kappa shape index (κ3) is 5.43. The first-order chi connectivity index (χ1) is 13.0. The van der Waals surface area contributed by atoms with Crippen molar-refractivity contribution in [3.05, 3.63) is 46.7 Å². The number of pyridine rings is 2. The Morgan fingerprint density at radius 1 is 1.33 bits per heavy atom. The second-order valence-corrected chi connectivity index (χ2v) is 5.98. The Labute approximate surface area is 165 Å². The number of hydrogen-bond donors (Lipinski definition) is 3. The van der Waals surface area contributed by atoms with Gasteiger partial charge in [0.1, 0.15) is 0 Å². The summed E-state index contributed by atoms with van der Waals surface area (Å²) in [5, 5.41) is 2.23. The minimum absolute atomic E-state index is 0.0335. The van der Waals surface area contributed by atoms with E-state index in [0.29, 0.717) is 21.7 Å². The van der Waals surface area contributed by atoms with E-state index in [1.165, 1.54) is 11.2 Å². The number of nitrogen functional groups attached to an aromatic ring is 1. The molecule has 11 heteroatoms. The van der Waals surface area contributed by atoms with E-state index >= 15 is 0 Å². The molecule has 2 aromatic heterocycles. The molecule has 2 aromatic rings. The molecule has 1 saturated heterocycles. The molecule has 0 saturated carbocycles. The largest absolute Gasteiger partial charge is 0.464 e. The lowest BCUT2D eigenvalue weighted by Crippen LogP contribution is -2.43. The van der Waals surface area contributed by atoms with Crippen LogP contribution < -0.4 is 21.7 Å². The van der Waals surface area contributed by atoms with Gasteiger partial charge in [-0.1, -0.05) is 23.2 Å². The van der Waals surface area contributed by atoms with Gasteiger partial charge in [0.25, 0.3) is 0 Å². The zero-order valence-corrected chi connectivity index (χ0v) is 15.9. The number of ether oxygens (including phenoxy) is 1. The van der Waals surface area contributed by atoms with E-state index in [2.05, 4.69) is 20.8 Å². The number of carbonyl (C=O) groups excluding carboxylic acids is 2. The second kappa shape index (κ2) is 9.91. The summed E-state index contributed by atoms with van der Waals surface area (Å²) < 4.78 is 4.92. The third-order valence-corrected chi connectivity index (χ3v) is 3.96. The molecule has 0 bridgehead atoms. The van der Waals surface area contributed by atoms with Crippen molar-refractivity contribution in [2.75, 3.05) is 17.0 Å². The molecule has 27 heavy (non-hydrogen) atoms. The maximum atomic E-state index is 11.8. The lowest BCUT2D eigenvalue weighted by Gasteiger charge is -2.23. The molecule has 3 rings (SSSR count). The monoisotopic (exact) mass is 412 g/mol. The van der Waals surface area contributed by atoms with Crippen LogP contribution in [0.25, 0.3) is 0 Å². The fourth-order valence-electron chi connectivity index (χ4n) is 2.20. The number of hydrazine groups is 2. The molecular weight excluding hydrogens is 395 g/mol. The lowest BCUT2D eigenvalue weighted by molar-refractivity contribution is -0.144. The first-order valence-corrected chi connectivity index (χ1v) is 8.66. The first-order valence-electron chi connectivity index (χ1n) is 7.90. The summed E-state index contributed by atoms with van der Waals surface area (Å²) in [5.41, 5.74) is 4.90. The number of esters is 1. The summed E-state index contributed by atoms with van der Waals surface area (Å²) in [4.78, 5) is 31.1. The van der Waals surface area contributed by atoms with Crippen LogP contribution in [0.1, 0.15) is 13.3 Å². The number of halogens is 2. The van der Waals surface area contributed by atoms with Gasteiger partial charge in [-0.05, 0) is 31.2 Å². The van der Waals surface area contributed by atoms with Crippen LogP contribution in [-0.4, -0.2) is 34.5 Å². The normalized spacial score (nSPS) is 15.5. The highest BCUT2D eigenvalue weighted by molar-refractivity contribution is 6.33. The summed E-state index contributed by atoms with van der Waals surface area (Å²) in [6, 6.07) is 6.02. The number of anilines is 2. The van der Waals surface area contributed by atoms with Crippen molar-refractivity contribution < 1.29 is 14.3 Å². The Kier molecular flexibility index (Phi) is 7.59. The number of nitrogens with two attached hydrogens (primary N) is 1. The van der Waals surface area contributed by atoms with E-state index in [1.807, 2.05) is 0 Å². The number of rotatable bonds is 4. The maximum Gasteiger partial charge on any atom is 0.331 e. The highest BCUT2D eigenvalue weighted by Crippen LogP contribution is 2.26. The van der Waals surface area contributed by atoms with Crippen LogP contribution in [0.15, 0.2) is 36.7 Å². The highest BCUT2D eigenvalue weighted by atomic mass is 35.5. The lowest BCUT2D eigenvalue weighted by atomic mass is 10.2. The number of nitrogens with zero attached hydrogens (tertiary/aromatic N) is 3. The molecule has 3 heterocycles. The van der Waals surface area contributed by atoms with Gasteiger partial charge in [-0.2, -0.15) is 0 Å². The van der Waals surface area contributed by atoms with Crippen LogP contribution in [0, 0.1) is 0 Å². The summed E-state index contributed by atoms with van der Waals surface area (Å²) in [6.07, 6.45) is 3.18. The van der Waals surface area contributed by atoms with Crippen LogP contribution in [0.5, 0.6) is 0 Å². The van der Waals surface area contributed by atoms with E-state index in [4.69, 9.17) is 33.8 Å². The average molecular weight is 413 g/mol. The number of nitrogens with one attached hydrogen (secondary N) is 2. The standard InChI is InChI=1S/C11H12ClN3O3.C5H6ClN3/c1-2-18-11(17)8-6-9(16)14-15(8)10-7(12)4-3-5-13-10;6-4-2-1-3-8-5(4)9-7/h3-5,8H,2,6H2,1H3,(H,14,16);1-3H,7H2,(H,8,9). The van der Waals surface area contributed by atoms with Gasteiger partial charge in [-0.15, -0.1) is 0 Å². The third-order valence-electron chi connectivity index (χ3n) is 3.36. The summed E-state index contributed by atoms with van der Waals surface area (Å²) >= 11 is 11.6. The van der Waals surface area contributed by atoms with Crippen molar-refractivity contribution >= 4 is 46.7 Å². The van der Waals surface area contributed by atoms with Gasteiger partial charge >= 0.3 is 5.97 Å². The zero-order valence-electron chi connectivity index (χ0n) is 14.4. The minimum atomic E-state index is -0.732. The quantitative estimate of drug-likeness (QED) is 0.395. The van der Waals surface area contributed by atoms with E-state index in [0.717, 1.165) is 0 Å². The molecule has 1 aliphatic rings. The van der Waals surface area contributed by atoms with Crippen LogP contribution in [0.4, 0.5) is 11.6 Å². The predicted molar refractivity (Wildman–Crippen MR) is 102 cm³/mol. The Hall–Kier alpha value is -2.62. The molecule has 1 unspecified atom stereocenters. The Morgan fingerprint density at radius 3 is 2.56 bits per heavy atom. The van der Waals surface area contributed by atoms with Crippen molar-refractivity contribution in [1.82, 2.24) is 15.4 Å². The molecule has 1 amide bonds. The predicted octanol–water partition coefficient (Wildman–Crippen LogP) is 1.93. The van der Waals surface area contributed by atoms with E-state index in [9.17, 15) is 9.59 Å². The van der Waals surface area contributed by atoms with Crippen molar-refractivity contribution in [3.63, 3.8) is 0 Å².